The molecule has 1 N–H and O–H groups in total. The first-order valence-corrected chi connectivity index (χ1v) is 10.6. The van der Waals surface area contributed by atoms with Crippen molar-refractivity contribution in [3.8, 4) is 11.5 Å². The smallest absolute Gasteiger partial charge is 0.416 e. The summed E-state index contributed by atoms with van der Waals surface area (Å²) in [5.41, 5.74) is -0.885. The zero-order chi connectivity index (χ0) is 23.5. The molecule has 9 heteroatoms. The number of rotatable bonds is 8. The van der Waals surface area contributed by atoms with Crippen LogP contribution in [0.15, 0.2) is 28.7 Å². The monoisotopic (exact) mass is 455 g/mol. The van der Waals surface area contributed by atoms with E-state index >= 15 is 0 Å². The Balaban J connectivity index is 1.56. The van der Waals surface area contributed by atoms with Crippen LogP contribution in [0.2, 0.25) is 0 Å². The van der Waals surface area contributed by atoms with E-state index in [0.717, 1.165) is 37.8 Å². The van der Waals surface area contributed by atoms with Crippen molar-refractivity contribution in [3.63, 3.8) is 0 Å². The van der Waals surface area contributed by atoms with E-state index in [9.17, 15) is 23.1 Å². The number of ether oxygens (including phenoxy) is 2. The number of carboxylic acids is 1. The van der Waals surface area contributed by atoms with Crippen molar-refractivity contribution in [2.45, 2.75) is 70.9 Å². The molecular formula is C23H28F3NO5. The van der Waals surface area contributed by atoms with Gasteiger partial charge >= 0.3 is 12.1 Å². The van der Waals surface area contributed by atoms with E-state index in [1.54, 1.807) is 6.92 Å². The van der Waals surface area contributed by atoms with E-state index < -0.39 is 23.3 Å². The minimum absolute atomic E-state index is 0.00379. The number of carboxylic acid groups (broad SMARTS) is 1. The standard InChI is InChI=1S/C23H28F3NO5/c1-14-19(27-20(32-14)16-7-9-17(10-8-16)23(24,25)26)13-30-18-6-4-5-15(11-18)12-31-22(2,3)21(28)29/h7-10,15,18H,4-6,11-13H2,1-3H3,(H,28,29). The average Bonchev–Trinajstić information content (AvgIpc) is 3.11. The Morgan fingerprint density at radius 1 is 1.22 bits per heavy atom. The molecule has 1 aliphatic carbocycles. The third-order valence-electron chi connectivity index (χ3n) is 5.74. The van der Waals surface area contributed by atoms with Gasteiger partial charge in [0.15, 0.2) is 5.60 Å². The summed E-state index contributed by atoms with van der Waals surface area (Å²) in [5.74, 6) is 0.0272. The lowest BCUT2D eigenvalue weighted by Crippen LogP contribution is -2.37. The quantitative estimate of drug-likeness (QED) is 0.556. The molecule has 176 valence electrons. The number of aryl methyl sites for hydroxylation is 1. The van der Waals surface area contributed by atoms with Gasteiger partial charge in [-0.3, -0.25) is 0 Å². The summed E-state index contributed by atoms with van der Waals surface area (Å²) in [4.78, 5) is 15.6. The van der Waals surface area contributed by atoms with Gasteiger partial charge in [0.25, 0.3) is 0 Å². The van der Waals surface area contributed by atoms with Gasteiger partial charge in [0.1, 0.15) is 11.5 Å². The number of halogens is 3. The normalized spacial score (nSPS) is 19.8. The molecule has 0 saturated heterocycles. The summed E-state index contributed by atoms with van der Waals surface area (Å²) in [5, 5.41) is 9.18. The Morgan fingerprint density at radius 2 is 1.91 bits per heavy atom. The van der Waals surface area contributed by atoms with Crippen molar-refractivity contribution in [3.05, 3.63) is 41.3 Å². The van der Waals surface area contributed by atoms with Crippen molar-refractivity contribution in [2.75, 3.05) is 6.61 Å². The van der Waals surface area contributed by atoms with Crippen molar-refractivity contribution in [2.24, 2.45) is 5.92 Å². The molecule has 2 unspecified atom stereocenters. The summed E-state index contributed by atoms with van der Waals surface area (Å²) in [6.45, 7) is 5.40. The highest BCUT2D eigenvalue weighted by atomic mass is 19.4. The molecule has 0 radical (unpaired) electrons. The average molecular weight is 455 g/mol. The van der Waals surface area contributed by atoms with Gasteiger partial charge in [0, 0.05) is 5.56 Å². The van der Waals surface area contributed by atoms with Crippen LogP contribution in [0.25, 0.3) is 11.5 Å². The molecule has 0 bridgehead atoms. The number of alkyl halides is 3. The van der Waals surface area contributed by atoms with Crippen molar-refractivity contribution < 1.29 is 37.0 Å². The molecule has 1 heterocycles. The van der Waals surface area contributed by atoms with E-state index in [1.807, 2.05) is 0 Å². The summed E-state index contributed by atoms with van der Waals surface area (Å²) in [6.07, 6.45) is -0.830. The number of hydrogen-bond donors (Lipinski definition) is 1. The van der Waals surface area contributed by atoms with Gasteiger partial charge < -0.3 is 19.0 Å². The van der Waals surface area contributed by atoms with E-state index in [1.165, 1.54) is 26.0 Å². The molecule has 2 aromatic rings. The predicted molar refractivity (Wildman–Crippen MR) is 110 cm³/mol. The largest absolute Gasteiger partial charge is 0.479 e. The number of hydrogen-bond acceptors (Lipinski definition) is 5. The van der Waals surface area contributed by atoms with Gasteiger partial charge in [-0.25, -0.2) is 9.78 Å². The Hall–Kier alpha value is -2.39. The third kappa shape index (κ3) is 6.10. The molecule has 32 heavy (non-hydrogen) atoms. The molecule has 1 saturated carbocycles. The lowest BCUT2D eigenvalue weighted by molar-refractivity contribution is -0.163. The third-order valence-corrected chi connectivity index (χ3v) is 5.74. The van der Waals surface area contributed by atoms with Gasteiger partial charge in [-0.1, -0.05) is 6.42 Å². The first-order valence-electron chi connectivity index (χ1n) is 10.6. The lowest BCUT2D eigenvalue weighted by Gasteiger charge is -2.31. The Bertz CT molecular complexity index is 921. The predicted octanol–water partition coefficient (Wildman–Crippen LogP) is 5.62. The van der Waals surface area contributed by atoms with Crippen LogP contribution in [-0.2, 0) is 27.1 Å². The maximum absolute atomic E-state index is 12.7. The van der Waals surface area contributed by atoms with Crippen LogP contribution in [0.1, 0.15) is 56.5 Å². The van der Waals surface area contributed by atoms with Crippen molar-refractivity contribution in [1.29, 1.82) is 0 Å². The Kier molecular flexibility index (Phi) is 7.29. The molecular weight excluding hydrogens is 427 g/mol. The number of aromatic nitrogens is 1. The number of nitrogens with zero attached hydrogens (tertiary/aromatic N) is 1. The topological polar surface area (TPSA) is 81.8 Å². The maximum Gasteiger partial charge on any atom is 0.416 e. The van der Waals surface area contributed by atoms with Crippen molar-refractivity contribution in [1.82, 2.24) is 4.98 Å². The van der Waals surface area contributed by atoms with Crippen LogP contribution in [-0.4, -0.2) is 34.4 Å². The maximum atomic E-state index is 12.7. The van der Waals surface area contributed by atoms with Gasteiger partial charge in [0.2, 0.25) is 5.89 Å². The highest BCUT2D eigenvalue weighted by Gasteiger charge is 2.32. The molecule has 3 rings (SSSR count). The molecule has 1 aromatic heterocycles. The number of oxazole rings is 1. The number of carbonyl (C=O) groups is 1. The van der Waals surface area contributed by atoms with Crippen molar-refractivity contribution >= 4 is 5.97 Å². The van der Waals surface area contributed by atoms with Crippen LogP contribution in [0.3, 0.4) is 0 Å². The second kappa shape index (κ2) is 9.62. The van der Waals surface area contributed by atoms with Gasteiger partial charge in [-0.05, 0) is 70.2 Å². The van der Waals surface area contributed by atoms with E-state index in [-0.39, 0.29) is 24.5 Å². The zero-order valence-corrected chi connectivity index (χ0v) is 18.4. The molecule has 0 amide bonds. The highest BCUT2D eigenvalue weighted by molar-refractivity contribution is 5.76. The van der Waals surface area contributed by atoms with Crippen LogP contribution in [0.4, 0.5) is 13.2 Å². The summed E-state index contributed by atoms with van der Waals surface area (Å²) in [6, 6.07) is 4.67. The molecule has 1 fully saturated rings. The van der Waals surface area contributed by atoms with Crippen LogP contribution < -0.4 is 0 Å². The fourth-order valence-corrected chi connectivity index (χ4v) is 3.62. The van der Waals surface area contributed by atoms with Crippen LogP contribution in [0.5, 0.6) is 0 Å². The minimum atomic E-state index is -4.39. The molecule has 0 aliphatic heterocycles. The second-order valence-corrected chi connectivity index (χ2v) is 8.69. The van der Waals surface area contributed by atoms with Gasteiger partial charge in [-0.2, -0.15) is 13.2 Å². The second-order valence-electron chi connectivity index (χ2n) is 8.69. The molecule has 0 spiro atoms. The van der Waals surface area contributed by atoms with Gasteiger partial charge in [-0.15, -0.1) is 0 Å². The lowest BCUT2D eigenvalue weighted by atomic mass is 9.87. The van der Waals surface area contributed by atoms with Gasteiger partial charge in [0.05, 0.1) is 24.9 Å². The molecule has 1 aromatic carbocycles. The first-order chi connectivity index (χ1) is 15.0. The SMILES string of the molecule is Cc1oc(-c2ccc(C(F)(F)F)cc2)nc1COC1CCCC(COC(C)(C)C(=O)O)C1. The Labute approximate surface area is 184 Å². The summed E-state index contributed by atoms with van der Waals surface area (Å²) >= 11 is 0. The minimum Gasteiger partial charge on any atom is -0.479 e. The number of benzene rings is 1. The summed E-state index contributed by atoms with van der Waals surface area (Å²) < 4.78 is 55.5. The molecule has 6 nitrogen and oxygen atoms in total. The molecule has 2 atom stereocenters. The zero-order valence-electron chi connectivity index (χ0n) is 18.4. The fourth-order valence-electron chi connectivity index (χ4n) is 3.62. The van der Waals surface area contributed by atoms with E-state index in [4.69, 9.17) is 13.9 Å². The molecule has 1 aliphatic rings. The fraction of sp³-hybridized carbons (Fsp3) is 0.565. The van der Waals surface area contributed by atoms with Crippen LogP contribution in [0, 0.1) is 12.8 Å². The Morgan fingerprint density at radius 3 is 2.53 bits per heavy atom. The highest BCUT2D eigenvalue weighted by Crippen LogP contribution is 2.32. The number of aliphatic carboxylic acids is 1. The van der Waals surface area contributed by atoms with E-state index in [0.29, 0.717) is 23.6 Å². The first kappa shape index (κ1) is 24.3. The van der Waals surface area contributed by atoms with Crippen LogP contribution >= 0.6 is 0 Å². The van der Waals surface area contributed by atoms with E-state index in [2.05, 4.69) is 4.98 Å². The summed E-state index contributed by atoms with van der Waals surface area (Å²) in [7, 11) is 0.